The van der Waals surface area contributed by atoms with Crippen molar-refractivity contribution in [2.75, 3.05) is 0 Å². The molecule has 1 aliphatic heterocycles. The number of ether oxygens (including phenoxy) is 1. The fourth-order valence-corrected chi connectivity index (χ4v) is 3.54. The molecule has 10 heteroatoms. The van der Waals surface area contributed by atoms with E-state index < -0.39 is 53.7 Å². The van der Waals surface area contributed by atoms with Gasteiger partial charge in [-0.05, 0) is 6.42 Å². The summed E-state index contributed by atoms with van der Waals surface area (Å²) in [4.78, 5) is 10.8. The molecule has 0 amide bonds. The maximum atomic E-state index is 13.0. The number of carbonyl (C=O) groups excluding carboxylic acids is 1. The van der Waals surface area contributed by atoms with E-state index in [1.807, 2.05) is 0 Å². The molecule has 1 saturated heterocycles. The molecule has 0 unspecified atom stereocenters. The third-order valence-corrected chi connectivity index (χ3v) is 4.35. The van der Waals surface area contributed by atoms with Crippen molar-refractivity contribution < 1.29 is 35.9 Å². The van der Waals surface area contributed by atoms with Gasteiger partial charge in [-0.2, -0.15) is 26.3 Å². The number of esters is 1. The zero-order valence-corrected chi connectivity index (χ0v) is 10.7. The SMILES string of the molecule is CC(=O)O[C@@H]1C[C@@H]2[C@H](Cl)[C@@H]1NC2(C(F)(F)F)C(F)(F)F. The first-order chi connectivity index (χ1) is 8.92. The molecule has 0 spiro atoms. The van der Waals surface area contributed by atoms with Gasteiger partial charge in [0, 0.05) is 12.8 Å². The minimum Gasteiger partial charge on any atom is -0.461 e. The van der Waals surface area contributed by atoms with Gasteiger partial charge in [0.1, 0.15) is 6.10 Å². The molecule has 1 saturated carbocycles. The number of hydrogen-bond acceptors (Lipinski definition) is 3. The Balaban J connectivity index is 2.37. The van der Waals surface area contributed by atoms with Gasteiger partial charge in [0.25, 0.3) is 0 Å². The maximum Gasteiger partial charge on any atom is 0.415 e. The van der Waals surface area contributed by atoms with Crippen LogP contribution in [0.4, 0.5) is 26.3 Å². The molecule has 0 aromatic rings. The van der Waals surface area contributed by atoms with Crippen LogP contribution in [-0.2, 0) is 9.53 Å². The average molecular weight is 326 g/mol. The van der Waals surface area contributed by atoms with Crippen molar-refractivity contribution in [2.45, 2.75) is 48.8 Å². The molecule has 0 radical (unpaired) electrons. The number of carbonyl (C=O) groups is 1. The van der Waals surface area contributed by atoms with E-state index in [1.165, 1.54) is 5.32 Å². The smallest absolute Gasteiger partial charge is 0.415 e. The molecule has 116 valence electrons. The first kappa shape index (κ1) is 15.7. The van der Waals surface area contributed by atoms with Gasteiger partial charge in [0.05, 0.1) is 11.4 Å². The standard InChI is InChI=1S/C10H10ClF6NO2/c1-3(19)20-5-2-4-6(11)7(5)18-8(4,9(12,13)14)10(15,16)17/h4-7,18H,2H2,1H3/t4-,5-,6+,7-/m1/s1. The van der Waals surface area contributed by atoms with Crippen molar-refractivity contribution in [2.24, 2.45) is 5.92 Å². The van der Waals surface area contributed by atoms with Crippen LogP contribution in [0.25, 0.3) is 0 Å². The summed E-state index contributed by atoms with van der Waals surface area (Å²) in [6, 6.07) is -1.38. The highest BCUT2D eigenvalue weighted by Gasteiger charge is 2.81. The van der Waals surface area contributed by atoms with Crippen molar-refractivity contribution in [3.8, 4) is 0 Å². The Labute approximate surface area is 114 Å². The molecule has 4 atom stereocenters. The van der Waals surface area contributed by atoms with Gasteiger partial charge in [0.2, 0.25) is 5.54 Å². The highest BCUT2D eigenvalue weighted by Crippen LogP contribution is 2.58. The van der Waals surface area contributed by atoms with E-state index in [0.29, 0.717) is 0 Å². The average Bonchev–Trinajstić information content (AvgIpc) is 2.66. The Bertz CT molecular complexity index is 409. The van der Waals surface area contributed by atoms with E-state index in [-0.39, 0.29) is 0 Å². The fourth-order valence-electron chi connectivity index (χ4n) is 3.02. The number of alkyl halides is 7. The second kappa shape index (κ2) is 4.40. The van der Waals surface area contributed by atoms with E-state index in [4.69, 9.17) is 16.3 Å². The molecule has 2 aliphatic rings. The molecule has 3 nitrogen and oxygen atoms in total. The third kappa shape index (κ3) is 1.97. The number of halogens is 7. The van der Waals surface area contributed by atoms with E-state index in [2.05, 4.69) is 0 Å². The summed E-state index contributed by atoms with van der Waals surface area (Å²) in [6.45, 7) is 1.02. The molecule has 1 aliphatic carbocycles. The van der Waals surface area contributed by atoms with Crippen LogP contribution in [0.15, 0.2) is 0 Å². The number of fused-ring (bicyclic) bond motifs is 2. The Morgan fingerprint density at radius 2 is 1.75 bits per heavy atom. The molecular formula is C10H10ClF6NO2. The number of piperidine rings is 1. The van der Waals surface area contributed by atoms with Gasteiger partial charge >= 0.3 is 18.3 Å². The second-order valence-corrected chi connectivity index (χ2v) is 5.41. The van der Waals surface area contributed by atoms with Gasteiger partial charge in [-0.3, -0.25) is 10.1 Å². The molecule has 2 fully saturated rings. The summed E-state index contributed by atoms with van der Waals surface area (Å²) in [7, 11) is 0. The summed E-state index contributed by atoms with van der Waals surface area (Å²) in [5.41, 5.74) is -4.05. The van der Waals surface area contributed by atoms with E-state index in [9.17, 15) is 31.1 Å². The zero-order valence-electron chi connectivity index (χ0n) is 9.98. The highest BCUT2D eigenvalue weighted by atomic mass is 35.5. The van der Waals surface area contributed by atoms with Crippen molar-refractivity contribution in [3.05, 3.63) is 0 Å². The molecule has 20 heavy (non-hydrogen) atoms. The van der Waals surface area contributed by atoms with Crippen LogP contribution >= 0.6 is 11.6 Å². The molecule has 2 bridgehead atoms. The molecule has 0 aromatic carbocycles. The number of rotatable bonds is 1. The molecular weight excluding hydrogens is 316 g/mol. The van der Waals surface area contributed by atoms with Gasteiger partial charge in [0.15, 0.2) is 0 Å². The first-order valence-electron chi connectivity index (χ1n) is 5.64. The number of hydrogen-bond donors (Lipinski definition) is 1. The van der Waals surface area contributed by atoms with Crippen LogP contribution in [0.1, 0.15) is 13.3 Å². The topological polar surface area (TPSA) is 38.3 Å². The second-order valence-electron chi connectivity index (χ2n) is 4.91. The highest BCUT2D eigenvalue weighted by molar-refractivity contribution is 6.22. The predicted octanol–water partition coefficient (Wildman–Crippen LogP) is 2.38. The van der Waals surface area contributed by atoms with Gasteiger partial charge in [-0.1, -0.05) is 0 Å². The van der Waals surface area contributed by atoms with Gasteiger partial charge in [-0.15, -0.1) is 11.6 Å². The quantitative estimate of drug-likeness (QED) is 0.457. The normalized spacial score (nSPS) is 36.2. The Morgan fingerprint density at radius 1 is 1.25 bits per heavy atom. The van der Waals surface area contributed by atoms with Crippen LogP contribution in [0, 0.1) is 5.92 Å². The third-order valence-electron chi connectivity index (χ3n) is 3.78. The van der Waals surface area contributed by atoms with E-state index in [0.717, 1.165) is 6.92 Å². The summed E-state index contributed by atoms with van der Waals surface area (Å²) in [5, 5.41) is 0.116. The summed E-state index contributed by atoms with van der Waals surface area (Å²) < 4.78 is 82.6. The summed E-state index contributed by atoms with van der Waals surface area (Å²) in [5.74, 6) is -2.71. The van der Waals surface area contributed by atoms with Crippen LogP contribution in [0.2, 0.25) is 0 Å². The maximum absolute atomic E-state index is 13.0. The van der Waals surface area contributed by atoms with Gasteiger partial charge in [-0.25, -0.2) is 0 Å². The largest absolute Gasteiger partial charge is 0.461 e. The van der Waals surface area contributed by atoms with Crippen LogP contribution in [0.5, 0.6) is 0 Å². The molecule has 2 rings (SSSR count). The Morgan fingerprint density at radius 3 is 2.05 bits per heavy atom. The van der Waals surface area contributed by atoms with E-state index in [1.54, 1.807) is 0 Å². The first-order valence-corrected chi connectivity index (χ1v) is 6.08. The lowest BCUT2D eigenvalue weighted by Crippen LogP contribution is -2.70. The minimum absolute atomic E-state index is 0.579. The zero-order chi connectivity index (χ0) is 15.5. The minimum atomic E-state index is -5.54. The van der Waals surface area contributed by atoms with Gasteiger partial charge < -0.3 is 4.74 Å². The van der Waals surface area contributed by atoms with Crippen molar-refractivity contribution >= 4 is 17.6 Å². The summed E-state index contributed by atoms with van der Waals surface area (Å²) >= 11 is 5.70. The van der Waals surface area contributed by atoms with Crippen LogP contribution in [-0.4, -0.2) is 41.4 Å². The van der Waals surface area contributed by atoms with Crippen LogP contribution < -0.4 is 5.32 Å². The Kier molecular flexibility index (Phi) is 3.45. The van der Waals surface area contributed by atoms with Crippen LogP contribution in [0.3, 0.4) is 0 Å². The molecule has 1 heterocycles. The predicted molar refractivity (Wildman–Crippen MR) is 55.1 cm³/mol. The molecule has 0 aromatic heterocycles. The monoisotopic (exact) mass is 325 g/mol. The van der Waals surface area contributed by atoms with E-state index >= 15 is 0 Å². The van der Waals surface area contributed by atoms with Crippen molar-refractivity contribution in [3.63, 3.8) is 0 Å². The number of nitrogens with one attached hydrogen (secondary N) is 1. The lowest BCUT2D eigenvalue weighted by atomic mass is 9.82. The Hall–Kier alpha value is -0.700. The van der Waals surface area contributed by atoms with Crippen molar-refractivity contribution in [1.82, 2.24) is 5.32 Å². The molecule has 1 N–H and O–H groups in total. The summed E-state index contributed by atoms with van der Waals surface area (Å²) in [6.07, 6.45) is -12.7. The fraction of sp³-hybridized carbons (Fsp3) is 0.900. The van der Waals surface area contributed by atoms with Crippen molar-refractivity contribution in [1.29, 1.82) is 0 Å². The lowest BCUT2D eigenvalue weighted by Gasteiger charge is -2.42. The lowest BCUT2D eigenvalue weighted by molar-refractivity contribution is -0.320.